The van der Waals surface area contributed by atoms with Crippen LogP contribution in [0.3, 0.4) is 0 Å². The number of anilines is 1. The monoisotopic (exact) mass is 402 g/mol. The van der Waals surface area contributed by atoms with Crippen LogP contribution < -0.4 is 15.6 Å². The Balaban J connectivity index is 1.72. The van der Waals surface area contributed by atoms with Gasteiger partial charge < -0.3 is 4.74 Å². The zero-order valence-corrected chi connectivity index (χ0v) is 15.2. The number of non-ortho nitro benzene ring substituents is 1. The van der Waals surface area contributed by atoms with E-state index in [2.05, 4.69) is 20.8 Å². The van der Waals surface area contributed by atoms with Gasteiger partial charge in [-0.3, -0.25) is 35.9 Å². The zero-order valence-electron chi connectivity index (χ0n) is 15.2. The number of ether oxygens (including phenoxy) is 1. The Morgan fingerprint density at radius 1 is 1.03 bits per heavy atom. The quantitative estimate of drug-likeness (QED) is 0.523. The average Bonchev–Trinajstić information content (AvgIpc) is 2.72. The molecule has 1 fully saturated rings. The average molecular weight is 402 g/mol. The van der Waals surface area contributed by atoms with Gasteiger partial charge in [0.15, 0.2) is 0 Å². The first kappa shape index (κ1) is 19.9. The number of nitro benzene ring substituents is 1. The maximum absolute atomic E-state index is 12.2. The van der Waals surface area contributed by atoms with Crippen LogP contribution in [-0.4, -0.2) is 31.8 Å². The Hall–Kier alpha value is -3.83. The summed E-state index contributed by atoms with van der Waals surface area (Å²) >= 11 is 0. The number of carbonyl (C=O) groups excluding carboxylic acids is 1. The molecule has 1 amide bonds. The van der Waals surface area contributed by atoms with E-state index < -0.39 is 21.4 Å². The van der Waals surface area contributed by atoms with Gasteiger partial charge in [0, 0.05) is 17.7 Å². The van der Waals surface area contributed by atoms with Crippen molar-refractivity contribution < 1.29 is 19.4 Å². The van der Waals surface area contributed by atoms with E-state index in [0.29, 0.717) is 0 Å². The van der Waals surface area contributed by atoms with E-state index in [-0.39, 0.29) is 29.1 Å². The van der Waals surface area contributed by atoms with Crippen molar-refractivity contribution in [1.82, 2.24) is 15.4 Å². The molecule has 0 radical (unpaired) electrons. The largest absolute Gasteiger partial charge is 0.469 e. The molecule has 1 aromatic heterocycles. The number of hydrogen-bond donors (Lipinski definition) is 2. The van der Waals surface area contributed by atoms with E-state index in [4.69, 9.17) is 4.74 Å². The lowest BCUT2D eigenvalue weighted by Gasteiger charge is -2.22. The predicted octanol–water partition coefficient (Wildman–Crippen LogP) is 2.76. The lowest BCUT2D eigenvalue weighted by molar-refractivity contribution is -0.385. The second-order valence-corrected chi connectivity index (χ2v) is 6.39. The van der Waals surface area contributed by atoms with Crippen LogP contribution in [-0.2, 0) is 0 Å². The standard InChI is InChI=1S/C17H18N6O6/c24-16(11-6-8-12(9-7-11)22(25)26)21-20-15-14(23(27)28)17(19-10-18-15)29-13-4-2-1-3-5-13/h6-10,13H,1-5H2,(H,21,24)(H,18,19,20). The van der Waals surface area contributed by atoms with Gasteiger partial charge in [-0.1, -0.05) is 6.42 Å². The summed E-state index contributed by atoms with van der Waals surface area (Å²) in [6.45, 7) is 0. The molecule has 0 bridgehead atoms. The highest BCUT2D eigenvalue weighted by Gasteiger charge is 2.27. The Morgan fingerprint density at radius 3 is 2.34 bits per heavy atom. The molecule has 1 saturated carbocycles. The van der Waals surface area contributed by atoms with Crippen molar-refractivity contribution >= 4 is 23.1 Å². The van der Waals surface area contributed by atoms with Crippen LogP contribution in [0.25, 0.3) is 0 Å². The molecule has 2 aromatic rings. The summed E-state index contributed by atoms with van der Waals surface area (Å²) < 4.78 is 5.71. The van der Waals surface area contributed by atoms with Crippen molar-refractivity contribution in [2.45, 2.75) is 38.2 Å². The molecular weight excluding hydrogens is 384 g/mol. The molecule has 12 nitrogen and oxygen atoms in total. The summed E-state index contributed by atoms with van der Waals surface area (Å²) in [5, 5.41) is 22.2. The highest BCUT2D eigenvalue weighted by atomic mass is 16.6. The highest BCUT2D eigenvalue weighted by Crippen LogP contribution is 2.33. The molecule has 152 valence electrons. The van der Waals surface area contributed by atoms with Crippen LogP contribution in [0.15, 0.2) is 30.6 Å². The van der Waals surface area contributed by atoms with Gasteiger partial charge in [-0.25, -0.2) is 4.98 Å². The third kappa shape index (κ3) is 4.91. The number of rotatable bonds is 7. The number of benzene rings is 1. The van der Waals surface area contributed by atoms with Crippen LogP contribution >= 0.6 is 0 Å². The van der Waals surface area contributed by atoms with Crippen molar-refractivity contribution in [3.8, 4) is 5.88 Å². The smallest absolute Gasteiger partial charge is 0.374 e. The lowest BCUT2D eigenvalue weighted by Crippen LogP contribution is -2.30. The normalized spacial score (nSPS) is 14.1. The van der Waals surface area contributed by atoms with Crippen LogP contribution in [0.5, 0.6) is 5.88 Å². The van der Waals surface area contributed by atoms with Gasteiger partial charge in [0.1, 0.15) is 12.4 Å². The number of nitrogens with one attached hydrogen (secondary N) is 2. The molecule has 3 rings (SSSR count). The van der Waals surface area contributed by atoms with Gasteiger partial charge in [-0.2, -0.15) is 4.98 Å². The molecule has 0 aliphatic heterocycles. The third-order valence-corrected chi connectivity index (χ3v) is 4.44. The van der Waals surface area contributed by atoms with Crippen LogP contribution in [0.1, 0.15) is 42.5 Å². The van der Waals surface area contributed by atoms with E-state index in [0.717, 1.165) is 38.4 Å². The van der Waals surface area contributed by atoms with Gasteiger partial charge in [0.25, 0.3) is 17.5 Å². The zero-order chi connectivity index (χ0) is 20.8. The minimum atomic E-state index is -0.682. The third-order valence-electron chi connectivity index (χ3n) is 4.44. The molecule has 0 spiro atoms. The molecule has 0 saturated heterocycles. The summed E-state index contributed by atoms with van der Waals surface area (Å²) in [6, 6.07) is 4.89. The van der Waals surface area contributed by atoms with Crippen LogP contribution in [0.2, 0.25) is 0 Å². The fourth-order valence-electron chi connectivity index (χ4n) is 2.97. The first-order valence-electron chi connectivity index (χ1n) is 8.92. The molecule has 1 aromatic carbocycles. The van der Waals surface area contributed by atoms with E-state index in [1.807, 2.05) is 0 Å². The summed E-state index contributed by atoms with van der Waals surface area (Å²) in [5.41, 5.74) is 4.16. The SMILES string of the molecule is O=C(NNc1ncnc(OC2CCCCC2)c1[N+](=O)[O-])c1ccc([N+](=O)[O-])cc1. The van der Waals surface area contributed by atoms with Crippen molar-refractivity contribution in [2.75, 3.05) is 5.43 Å². The minimum absolute atomic E-state index is 0.124. The Bertz CT molecular complexity index is 913. The van der Waals surface area contributed by atoms with Crippen LogP contribution in [0, 0.1) is 20.2 Å². The van der Waals surface area contributed by atoms with Gasteiger partial charge >= 0.3 is 5.69 Å². The fourth-order valence-corrected chi connectivity index (χ4v) is 2.97. The second kappa shape index (κ2) is 8.91. The number of nitrogens with zero attached hydrogens (tertiary/aromatic N) is 4. The minimum Gasteiger partial charge on any atom is -0.469 e. The predicted molar refractivity (Wildman–Crippen MR) is 100 cm³/mol. The number of nitro groups is 2. The fraction of sp³-hybridized carbons (Fsp3) is 0.353. The van der Waals surface area contributed by atoms with Gasteiger partial charge in [0.05, 0.1) is 9.85 Å². The van der Waals surface area contributed by atoms with Gasteiger partial charge in [-0.05, 0) is 37.8 Å². The van der Waals surface area contributed by atoms with Crippen molar-refractivity contribution in [3.63, 3.8) is 0 Å². The van der Waals surface area contributed by atoms with Crippen molar-refractivity contribution in [3.05, 3.63) is 56.4 Å². The van der Waals surface area contributed by atoms with Gasteiger partial charge in [0.2, 0.25) is 5.82 Å². The molecule has 1 aliphatic carbocycles. The van der Waals surface area contributed by atoms with E-state index in [9.17, 15) is 25.0 Å². The van der Waals surface area contributed by atoms with Crippen LogP contribution in [0.4, 0.5) is 17.2 Å². The molecule has 2 N–H and O–H groups in total. The highest BCUT2D eigenvalue weighted by molar-refractivity contribution is 5.95. The number of aromatic nitrogens is 2. The van der Waals surface area contributed by atoms with Crippen molar-refractivity contribution in [1.29, 1.82) is 0 Å². The Labute approximate surface area is 164 Å². The summed E-state index contributed by atoms with van der Waals surface area (Å²) in [7, 11) is 0. The molecule has 1 heterocycles. The van der Waals surface area contributed by atoms with E-state index >= 15 is 0 Å². The molecule has 0 atom stereocenters. The maximum atomic E-state index is 12.2. The first-order chi connectivity index (χ1) is 14.0. The van der Waals surface area contributed by atoms with E-state index in [1.54, 1.807) is 0 Å². The topological polar surface area (TPSA) is 162 Å². The summed E-state index contributed by atoms with van der Waals surface area (Å²) in [5.74, 6) is -1.04. The lowest BCUT2D eigenvalue weighted by atomic mass is 9.98. The van der Waals surface area contributed by atoms with E-state index in [1.165, 1.54) is 24.3 Å². The Kier molecular flexibility index (Phi) is 6.12. The molecule has 29 heavy (non-hydrogen) atoms. The number of carbonyl (C=O) groups is 1. The second-order valence-electron chi connectivity index (χ2n) is 6.39. The molecule has 12 heteroatoms. The first-order valence-corrected chi connectivity index (χ1v) is 8.92. The number of hydrazine groups is 1. The van der Waals surface area contributed by atoms with Crippen molar-refractivity contribution in [2.24, 2.45) is 0 Å². The molecule has 1 aliphatic rings. The summed E-state index contributed by atoms with van der Waals surface area (Å²) in [6.07, 6.45) is 5.61. The maximum Gasteiger partial charge on any atom is 0.374 e. The van der Waals surface area contributed by atoms with Gasteiger partial charge in [-0.15, -0.1) is 0 Å². The number of hydrogen-bond acceptors (Lipinski definition) is 9. The molecular formula is C17H18N6O6. The number of amides is 1. The molecule has 0 unspecified atom stereocenters. The summed E-state index contributed by atoms with van der Waals surface area (Å²) in [4.78, 5) is 40.8. The Morgan fingerprint density at radius 2 is 1.72 bits per heavy atom.